The summed E-state index contributed by atoms with van der Waals surface area (Å²) in [6.45, 7) is 19.1. The molecule has 5 aliphatic carbocycles. The van der Waals surface area contributed by atoms with E-state index in [-0.39, 0.29) is 55.4 Å². The number of aromatic carboxylic acids is 2. The maximum absolute atomic E-state index is 13.5. The smallest absolute Gasteiger partial charge is 0.339 e. The Bertz CT molecular complexity index is 1880. The third-order valence-corrected chi connectivity index (χ3v) is 16.7. The standard InChI is InChI=1S/C46H58O8/c1-27(2)28-18-23-46(26-53-40(51)31-14-10-8-12-29(31)38(47)48)25-24-44(6)33(37(28)46)16-17-35-43(5)21-20-36(42(3,4)34(43)19-22-45(35,44)7)54-41(52)32-15-11-9-13-30(32)39(49)50/h8-15,28,33-37H,1,16-26H2,2-7H3,(H,47,48)(H,49,50)/t28-,33-,34-,35-,36-,37-,43+,44-,45-,46-/m0/s1. The average molecular weight is 739 g/mol. The van der Waals surface area contributed by atoms with Crippen molar-refractivity contribution in [2.24, 2.45) is 56.7 Å². The quantitative estimate of drug-likeness (QED) is 0.202. The second kappa shape index (κ2) is 13.4. The van der Waals surface area contributed by atoms with E-state index in [4.69, 9.17) is 9.47 Å². The van der Waals surface area contributed by atoms with E-state index in [2.05, 4.69) is 48.1 Å². The van der Waals surface area contributed by atoms with Gasteiger partial charge in [-0.15, -0.1) is 0 Å². The first-order valence-corrected chi connectivity index (χ1v) is 20.1. The number of hydrogen-bond donors (Lipinski definition) is 2. The van der Waals surface area contributed by atoms with Crippen LogP contribution in [0.5, 0.6) is 0 Å². The molecule has 7 rings (SSSR count). The zero-order chi connectivity index (χ0) is 39.0. The number of esters is 2. The van der Waals surface area contributed by atoms with Crippen molar-refractivity contribution >= 4 is 23.9 Å². The van der Waals surface area contributed by atoms with Gasteiger partial charge in [0.05, 0.1) is 28.9 Å². The zero-order valence-electron chi connectivity index (χ0n) is 32.9. The fraction of sp³-hybridized carbons (Fsp3) is 0.609. The van der Waals surface area contributed by atoms with Crippen molar-refractivity contribution in [1.82, 2.24) is 0 Å². The van der Waals surface area contributed by atoms with Gasteiger partial charge < -0.3 is 19.7 Å². The van der Waals surface area contributed by atoms with Crippen molar-refractivity contribution in [2.45, 2.75) is 112 Å². The molecule has 8 heteroatoms. The Morgan fingerprint density at radius 2 is 1.28 bits per heavy atom. The molecule has 0 radical (unpaired) electrons. The van der Waals surface area contributed by atoms with Gasteiger partial charge in [-0.05, 0) is 141 Å². The number of carbonyl (C=O) groups excluding carboxylic acids is 2. The Hall–Kier alpha value is -3.94. The number of ether oxygens (including phenoxy) is 2. The molecule has 5 aliphatic rings. The van der Waals surface area contributed by atoms with E-state index in [1.54, 1.807) is 36.4 Å². The lowest BCUT2D eigenvalue weighted by Gasteiger charge is -2.73. The molecule has 0 aromatic heterocycles. The van der Waals surface area contributed by atoms with Gasteiger partial charge in [-0.1, -0.05) is 71.0 Å². The molecule has 0 aliphatic heterocycles. The minimum Gasteiger partial charge on any atom is -0.478 e. The molecule has 5 saturated carbocycles. The highest BCUT2D eigenvalue weighted by Crippen LogP contribution is 2.77. The topological polar surface area (TPSA) is 127 Å². The Kier molecular flexibility index (Phi) is 9.49. The summed E-state index contributed by atoms with van der Waals surface area (Å²) in [4.78, 5) is 50.7. The summed E-state index contributed by atoms with van der Waals surface area (Å²) in [7, 11) is 0. The average Bonchev–Trinajstić information content (AvgIpc) is 3.52. The van der Waals surface area contributed by atoms with Crippen molar-refractivity contribution in [2.75, 3.05) is 6.61 Å². The summed E-state index contributed by atoms with van der Waals surface area (Å²) in [6, 6.07) is 12.6. The van der Waals surface area contributed by atoms with E-state index in [0.717, 1.165) is 64.2 Å². The second-order valence-corrected chi connectivity index (χ2v) is 19.1. The summed E-state index contributed by atoms with van der Waals surface area (Å²) in [5, 5.41) is 19.5. The number of benzene rings is 2. The van der Waals surface area contributed by atoms with Crippen LogP contribution < -0.4 is 0 Å². The number of fused-ring (bicyclic) bond motifs is 7. The fourth-order valence-corrected chi connectivity index (χ4v) is 13.9. The number of hydrogen-bond acceptors (Lipinski definition) is 6. The monoisotopic (exact) mass is 738 g/mol. The first-order valence-electron chi connectivity index (χ1n) is 20.1. The first-order chi connectivity index (χ1) is 25.4. The van der Waals surface area contributed by atoms with Crippen molar-refractivity contribution in [1.29, 1.82) is 0 Å². The van der Waals surface area contributed by atoms with Crippen LogP contribution >= 0.6 is 0 Å². The minimum atomic E-state index is -1.14. The Morgan fingerprint density at radius 3 is 1.87 bits per heavy atom. The van der Waals surface area contributed by atoms with Gasteiger partial charge >= 0.3 is 23.9 Å². The lowest BCUT2D eigenvalue weighted by atomic mass is 9.32. The number of carbonyl (C=O) groups is 4. The van der Waals surface area contributed by atoms with Gasteiger partial charge in [0.25, 0.3) is 0 Å². The molecule has 0 spiro atoms. The molecular formula is C46H58O8. The van der Waals surface area contributed by atoms with Crippen LogP contribution in [0.4, 0.5) is 0 Å². The molecule has 0 saturated heterocycles. The Balaban J connectivity index is 1.14. The van der Waals surface area contributed by atoms with Gasteiger partial charge in [0.2, 0.25) is 0 Å². The molecule has 290 valence electrons. The number of rotatable bonds is 8. The maximum Gasteiger partial charge on any atom is 0.339 e. The van der Waals surface area contributed by atoms with E-state index in [1.165, 1.54) is 17.7 Å². The number of allylic oxidation sites excluding steroid dienone is 1. The summed E-state index contributed by atoms with van der Waals surface area (Å²) >= 11 is 0. The summed E-state index contributed by atoms with van der Waals surface area (Å²) in [6.07, 6.45) is 9.77. The van der Waals surface area contributed by atoms with E-state index in [9.17, 15) is 29.4 Å². The van der Waals surface area contributed by atoms with Gasteiger partial charge in [0.1, 0.15) is 6.10 Å². The van der Waals surface area contributed by atoms with Gasteiger partial charge in [-0.25, -0.2) is 19.2 Å². The van der Waals surface area contributed by atoms with Crippen molar-refractivity contribution in [3.05, 3.63) is 82.9 Å². The third-order valence-electron chi connectivity index (χ3n) is 16.7. The van der Waals surface area contributed by atoms with Crippen molar-refractivity contribution < 1.29 is 38.9 Å². The molecule has 10 atom stereocenters. The van der Waals surface area contributed by atoms with Crippen LogP contribution in [0.2, 0.25) is 0 Å². The SMILES string of the molecule is C=C(C)[C@@H]1CC[C@@]2(COC(=O)c3ccccc3C(=O)O)CC[C@@]3(C)[C@@H](CC[C@H]4[C@]5(C)CC[C@H](OC(=O)c6ccccc6C(=O)O)C(C)(C)[C@@H]5CC[C@@]43C)[C@H]12. The van der Waals surface area contributed by atoms with Crippen LogP contribution in [0.1, 0.15) is 147 Å². The Morgan fingerprint density at radius 1 is 0.685 bits per heavy atom. The molecule has 2 N–H and O–H groups in total. The van der Waals surface area contributed by atoms with E-state index >= 15 is 0 Å². The van der Waals surface area contributed by atoms with Crippen LogP contribution in [0, 0.1) is 56.7 Å². The summed E-state index contributed by atoms with van der Waals surface area (Å²) < 4.78 is 12.4. The molecular weight excluding hydrogens is 680 g/mol. The molecule has 0 bridgehead atoms. The van der Waals surface area contributed by atoms with Gasteiger partial charge in [0.15, 0.2) is 0 Å². The van der Waals surface area contributed by atoms with Gasteiger partial charge in [-0.3, -0.25) is 0 Å². The van der Waals surface area contributed by atoms with E-state index in [0.29, 0.717) is 36.2 Å². The normalized spacial score (nSPS) is 37.7. The highest BCUT2D eigenvalue weighted by molar-refractivity contribution is 6.03. The van der Waals surface area contributed by atoms with E-state index < -0.39 is 23.9 Å². The van der Waals surface area contributed by atoms with Gasteiger partial charge in [-0.2, -0.15) is 0 Å². The number of carboxylic acids is 2. The van der Waals surface area contributed by atoms with E-state index in [1.807, 2.05) is 0 Å². The lowest BCUT2D eigenvalue weighted by Crippen LogP contribution is -2.67. The van der Waals surface area contributed by atoms with Crippen LogP contribution in [-0.4, -0.2) is 46.8 Å². The van der Waals surface area contributed by atoms with Crippen molar-refractivity contribution in [3.8, 4) is 0 Å². The van der Waals surface area contributed by atoms with Crippen LogP contribution in [0.25, 0.3) is 0 Å². The first kappa shape index (κ1) is 38.3. The molecule has 2 aromatic carbocycles. The predicted octanol–water partition coefficient (Wildman–Crippen LogP) is 10.1. The minimum absolute atomic E-state index is 0.0336. The maximum atomic E-state index is 13.5. The molecule has 8 nitrogen and oxygen atoms in total. The van der Waals surface area contributed by atoms with Crippen LogP contribution in [0.15, 0.2) is 60.7 Å². The molecule has 0 amide bonds. The molecule has 2 aromatic rings. The molecule has 5 fully saturated rings. The molecule has 0 heterocycles. The highest BCUT2D eigenvalue weighted by Gasteiger charge is 2.71. The third kappa shape index (κ3) is 5.67. The number of carboxylic acid groups (broad SMARTS) is 2. The fourth-order valence-electron chi connectivity index (χ4n) is 13.9. The molecule has 0 unspecified atom stereocenters. The predicted molar refractivity (Wildman–Crippen MR) is 205 cm³/mol. The van der Waals surface area contributed by atoms with Gasteiger partial charge in [0, 0.05) is 10.8 Å². The van der Waals surface area contributed by atoms with Crippen LogP contribution in [-0.2, 0) is 9.47 Å². The van der Waals surface area contributed by atoms with Crippen LogP contribution in [0.3, 0.4) is 0 Å². The molecule has 54 heavy (non-hydrogen) atoms. The Labute approximate surface area is 320 Å². The summed E-state index contributed by atoms with van der Waals surface area (Å²) in [5.41, 5.74) is 1.09. The lowest BCUT2D eigenvalue weighted by molar-refractivity contribution is -0.249. The highest BCUT2D eigenvalue weighted by atomic mass is 16.5. The van der Waals surface area contributed by atoms with Crippen molar-refractivity contribution in [3.63, 3.8) is 0 Å². The summed E-state index contributed by atoms with van der Waals surface area (Å²) in [5.74, 6) is -1.43. The second-order valence-electron chi connectivity index (χ2n) is 19.1. The zero-order valence-corrected chi connectivity index (χ0v) is 32.9. The largest absolute Gasteiger partial charge is 0.478 e.